The van der Waals surface area contributed by atoms with E-state index in [0.29, 0.717) is 17.5 Å². The maximum atomic E-state index is 6.64. The van der Waals surface area contributed by atoms with Gasteiger partial charge in [0.15, 0.2) is 17.5 Å². The van der Waals surface area contributed by atoms with Gasteiger partial charge >= 0.3 is 0 Å². The first kappa shape index (κ1) is 37.6. The number of benzene rings is 10. The van der Waals surface area contributed by atoms with Crippen LogP contribution in [0.1, 0.15) is 0 Å². The van der Waals surface area contributed by atoms with Crippen molar-refractivity contribution in [2.75, 3.05) is 0 Å². The highest BCUT2D eigenvalue weighted by molar-refractivity contribution is 6.11. The molecular weight excluding hydrogens is 807 g/mol. The molecule has 0 radical (unpaired) electrons. The maximum Gasteiger partial charge on any atom is 0.167 e. The van der Waals surface area contributed by atoms with E-state index in [-0.39, 0.29) is 0 Å². The van der Waals surface area contributed by atoms with Gasteiger partial charge in [0.1, 0.15) is 22.3 Å². The molecule has 66 heavy (non-hydrogen) atoms. The molecule has 0 unspecified atom stereocenters. The van der Waals surface area contributed by atoms with Crippen molar-refractivity contribution in [2.24, 2.45) is 0 Å². The molecule has 5 nitrogen and oxygen atoms in total. The summed E-state index contributed by atoms with van der Waals surface area (Å²) in [4.78, 5) is 16.3. The lowest BCUT2D eigenvalue weighted by atomic mass is 9.83. The summed E-state index contributed by atoms with van der Waals surface area (Å²) in [7, 11) is 0. The van der Waals surface area contributed by atoms with Crippen LogP contribution >= 0.6 is 0 Å². The van der Waals surface area contributed by atoms with Gasteiger partial charge in [0.25, 0.3) is 0 Å². The van der Waals surface area contributed by atoms with E-state index in [4.69, 9.17) is 23.8 Å². The fraction of sp³-hybridized carbons (Fsp3) is 0. The zero-order valence-electron chi connectivity index (χ0n) is 35.5. The van der Waals surface area contributed by atoms with Gasteiger partial charge in [-0.15, -0.1) is 0 Å². The van der Waals surface area contributed by atoms with E-state index in [1.807, 2.05) is 48.5 Å². The maximum absolute atomic E-state index is 6.64. The van der Waals surface area contributed by atoms with E-state index >= 15 is 0 Å². The van der Waals surface area contributed by atoms with Crippen LogP contribution in [0.4, 0.5) is 0 Å². The van der Waals surface area contributed by atoms with E-state index in [1.54, 1.807) is 0 Å². The summed E-state index contributed by atoms with van der Waals surface area (Å²) in [5, 5.41) is 6.42. The van der Waals surface area contributed by atoms with Crippen LogP contribution in [0.2, 0.25) is 0 Å². The number of furan rings is 2. The van der Waals surface area contributed by atoms with Crippen molar-refractivity contribution >= 4 is 54.6 Å². The van der Waals surface area contributed by atoms with E-state index in [0.717, 1.165) is 105 Å². The van der Waals surface area contributed by atoms with Crippen LogP contribution in [0.5, 0.6) is 0 Å². The Labute approximate surface area is 379 Å². The van der Waals surface area contributed by atoms with E-state index in [9.17, 15) is 0 Å². The lowest BCUT2D eigenvalue weighted by Crippen LogP contribution is -2.03. The lowest BCUT2D eigenvalue weighted by molar-refractivity contribution is 0.669. The second-order valence-corrected chi connectivity index (χ2v) is 16.6. The van der Waals surface area contributed by atoms with Crippen molar-refractivity contribution in [3.05, 3.63) is 224 Å². The van der Waals surface area contributed by atoms with Gasteiger partial charge in [-0.2, -0.15) is 0 Å². The number of fused-ring (bicyclic) bond motifs is 7. The molecule has 0 aliphatic heterocycles. The van der Waals surface area contributed by atoms with Crippen LogP contribution in [0.25, 0.3) is 133 Å². The van der Waals surface area contributed by atoms with Crippen molar-refractivity contribution in [3.63, 3.8) is 0 Å². The summed E-state index contributed by atoms with van der Waals surface area (Å²) in [6, 6.07) is 78.3. The van der Waals surface area contributed by atoms with Crippen molar-refractivity contribution in [1.29, 1.82) is 0 Å². The molecule has 0 saturated heterocycles. The van der Waals surface area contributed by atoms with Crippen molar-refractivity contribution in [3.8, 4) is 78.7 Å². The Kier molecular flexibility index (Phi) is 8.78. The van der Waals surface area contributed by atoms with Crippen molar-refractivity contribution in [2.45, 2.75) is 0 Å². The van der Waals surface area contributed by atoms with Crippen molar-refractivity contribution < 1.29 is 8.83 Å². The van der Waals surface area contributed by atoms with Crippen LogP contribution < -0.4 is 0 Å². The molecular formula is C61H37N3O2. The molecule has 0 saturated carbocycles. The largest absolute Gasteiger partial charge is 0.455 e. The molecule has 5 heteroatoms. The molecule has 3 aromatic heterocycles. The molecule has 13 rings (SSSR count). The smallest absolute Gasteiger partial charge is 0.167 e. The molecule has 0 aliphatic rings. The summed E-state index contributed by atoms with van der Waals surface area (Å²) in [6.07, 6.45) is 0. The van der Waals surface area contributed by atoms with Gasteiger partial charge in [-0.25, -0.2) is 15.0 Å². The Hall–Kier alpha value is -8.93. The summed E-state index contributed by atoms with van der Waals surface area (Å²) in [5.74, 6) is 1.52. The van der Waals surface area contributed by atoms with Gasteiger partial charge in [-0.1, -0.05) is 194 Å². The minimum Gasteiger partial charge on any atom is -0.455 e. The molecule has 0 spiro atoms. The third-order valence-electron chi connectivity index (χ3n) is 12.8. The second-order valence-electron chi connectivity index (χ2n) is 16.6. The molecule has 0 amide bonds. The minimum atomic E-state index is 0.498. The molecule has 3 heterocycles. The predicted molar refractivity (Wildman–Crippen MR) is 270 cm³/mol. The Morgan fingerprint density at radius 1 is 0.242 bits per heavy atom. The Balaban J connectivity index is 1.13. The zero-order valence-corrected chi connectivity index (χ0v) is 35.5. The molecule has 10 aromatic carbocycles. The third kappa shape index (κ3) is 6.21. The summed E-state index contributed by atoms with van der Waals surface area (Å²) >= 11 is 0. The highest BCUT2D eigenvalue weighted by Crippen LogP contribution is 2.48. The summed E-state index contributed by atoms with van der Waals surface area (Å²) in [6.45, 7) is 0. The molecule has 308 valence electrons. The van der Waals surface area contributed by atoms with E-state index in [2.05, 4.69) is 176 Å². The number of hydrogen-bond acceptors (Lipinski definition) is 5. The molecule has 0 bridgehead atoms. The molecule has 0 aliphatic carbocycles. The van der Waals surface area contributed by atoms with Crippen LogP contribution in [0.15, 0.2) is 233 Å². The molecule has 0 atom stereocenters. The molecule has 0 N–H and O–H groups in total. The first-order chi connectivity index (χ1) is 32.7. The van der Waals surface area contributed by atoms with Gasteiger partial charge < -0.3 is 8.83 Å². The third-order valence-corrected chi connectivity index (χ3v) is 12.8. The second kappa shape index (κ2) is 15.4. The Morgan fingerprint density at radius 3 is 1.26 bits per heavy atom. The molecule has 0 fully saturated rings. The highest BCUT2D eigenvalue weighted by atomic mass is 16.3. The fourth-order valence-corrected chi connectivity index (χ4v) is 9.72. The monoisotopic (exact) mass is 843 g/mol. The summed E-state index contributed by atoms with van der Waals surface area (Å²) in [5.41, 5.74) is 14.2. The van der Waals surface area contributed by atoms with Crippen LogP contribution in [0.3, 0.4) is 0 Å². The highest BCUT2D eigenvalue weighted by Gasteiger charge is 2.25. The van der Waals surface area contributed by atoms with Gasteiger partial charge in [0.2, 0.25) is 0 Å². The topological polar surface area (TPSA) is 65.0 Å². The fourth-order valence-electron chi connectivity index (χ4n) is 9.72. The normalized spacial score (nSPS) is 11.6. The predicted octanol–water partition coefficient (Wildman–Crippen LogP) is 16.5. The van der Waals surface area contributed by atoms with Gasteiger partial charge in [-0.3, -0.25) is 0 Å². The number of rotatable bonds is 7. The molecule has 13 aromatic rings. The van der Waals surface area contributed by atoms with E-state index in [1.165, 1.54) is 10.8 Å². The quantitative estimate of drug-likeness (QED) is 0.160. The van der Waals surface area contributed by atoms with Gasteiger partial charge in [-0.05, 0) is 80.0 Å². The minimum absolute atomic E-state index is 0.498. The van der Waals surface area contributed by atoms with Crippen molar-refractivity contribution in [1.82, 2.24) is 15.0 Å². The lowest BCUT2D eigenvalue weighted by Gasteiger charge is -2.21. The standard InChI is InChI=1S/C61H37N3O2/c1-3-16-38(17-4-1)39-32-34-42(35-33-39)56-50(37-36-47(55(56)41-19-5-2-6-20-41)44-25-13-21-40-18-7-8-22-43(40)44)59-62-60(51-28-14-26-48-45-23-9-11-30-53(45)65-57(48)51)64-61(63-59)52-29-15-27-49-46-24-10-12-31-54(46)66-58(49)52/h1-37H. The SMILES string of the molecule is c1ccc(-c2ccc(-c3c(-c4nc(-c5cccc6c5oc5ccccc56)nc(-c5cccc6c5oc5ccccc56)n4)ccc(-c4cccc5ccccc45)c3-c3ccccc3)cc2)cc1. The number of hydrogen-bond donors (Lipinski definition) is 0. The van der Waals surface area contributed by atoms with Crippen LogP contribution in [0, 0.1) is 0 Å². The Morgan fingerprint density at radius 2 is 0.636 bits per heavy atom. The van der Waals surface area contributed by atoms with E-state index < -0.39 is 0 Å². The summed E-state index contributed by atoms with van der Waals surface area (Å²) < 4.78 is 13.3. The average Bonchev–Trinajstić information content (AvgIpc) is 3.97. The average molecular weight is 844 g/mol. The first-order valence-corrected chi connectivity index (χ1v) is 22.2. The number of para-hydroxylation sites is 4. The van der Waals surface area contributed by atoms with Gasteiger partial charge in [0.05, 0.1) is 11.1 Å². The van der Waals surface area contributed by atoms with Crippen LogP contribution in [-0.4, -0.2) is 15.0 Å². The number of nitrogens with zero attached hydrogens (tertiary/aromatic N) is 3. The first-order valence-electron chi connectivity index (χ1n) is 22.2. The zero-order chi connectivity index (χ0) is 43.6. The van der Waals surface area contributed by atoms with Crippen LogP contribution in [-0.2, 0) is 0 Å². The Bertz CT molecular complexity index is 3850. The van der Waals surface area contributed by atoms with Gasteiger partial charge in [0, 0.05) is 32.7 Å². The number of aromatic nitrogens is 3.